The van der Waals surface area contributed by atoms with Gasteiger partial charge in [-0.3, -0.25) is 14.1 Å². The minimum atomic E-state index is -3.98. The number of anilines is 1. The molecule has 0 unspecified atom stereocenters. The molecule has 2 heterocycles. The quantitative estimate of drug-likeness (QED) is 0.277. The molecule has 2 aromatic heterocycles. The number of sulfonamides is 1. The summed E-state index contributed by atoms with van der Waals surface area (Å²) in [5.74, 6) is -0.248. The molecule has 188 valence electrons. The molecule has 5 rings (SSSR count). The first kappa shape index (κ1) is 24.8. The summed E-state index contributed by atoms with van der Waals surface area (Å²) in [5.41, 5.74) is 1.12. The third kappa shape index (κ3) is 4.78. The van der Waals surface area contributed by atoms with Crippen LogP contribution in [0.3, 0.4) is 0 Å². The van der Waals surface area contributed by atoms with E-state index in [0.717, 1.165) is 0 Å². The van der Waals surface area contributed by atoms with Crippen LogP contribution in [0.5, 0.6) is 5.75 Å². The number of nitrogens with zero attached hydrogens (tertiary/aromatic N) is 2. The number of hydrogen-bond donors (Lipinski definition) is 1. The lowest BCUT2D eigenvalue weighted by Crippen LogP contribution is -2.19. The molecule has 8 nitrogen and oxygen atoms in total. The van der Waals surface area contributed by atoms with Crippen LogP contribution in [0.15, 0.2) is 87.2 Å². The maximum Gasteiger partial charge on any atom is 0.263 e. The van der Waals surface area contributed by atoms with Crippen molar-refractivity contribution in [2.75, 3.05) is 11.8 Å². The summed E-state index contributed by atoms with van der Waals surface area (Å²) in [7, 11) is -2.56. The molecule has 0 aliphatic heterocycles. The SMILES string of the molecule is COc1cc(Cl)c(-c2cc(F)cc(Cl)c2)cc1-n1c(=O)ccc2cc(S(=O)(=O)Nc3ccon3)ccc21. The van der Waals surface area contributed by atoms with E-state index >= 15 is 0 Å². The molecule has 0 saturated heterocycles. The number of pyridine rings is 1. The highest BCUT2D eigenvalue weighted by atomic mass is 35.5. The molecule has 0 amide bonds. The monoisotopic (exact) mass is 559 g/mol. The number of benzene rings is 3. The lowest BCUT2D eigenvalue weighted by Gasteiger charge is -2.17. The van der Waals surface area contributed by atoms with Crippen molar-refractivity contribution in [3.63, 3.8) is 0 Å². The van der Waals surface area contributed by atoms with Crippen LogP contribution in [0.25, 0.3) is 27.7 Å². The molecular weight excluding hydrogens is 544 g/mol. The van der Waals surface area contributed by atoms with Crippen LogP contribution in [-0.4, -0.2) is 25.3 Å². The van der Waals surface area contributed by atoms with Crippen LogP contribution in [0, 0.1) is 5.82 Å². The highest BCUT2D eigenvalue weighted by Gasteiger charge is 2.20. The summed E-state index contributed by atoms with van der Waals surface area (Å²) in [5, 5.41) is 4.44. The minimum absolute atomic E-state index is 0.0287. The molecule has 37 heavy (non-hydrogen) atoms. The Kier molecular flexibility index (Phi) is 6.40. The number of aromatic nitrogens is 2. The predicted octanol–water partition coefficient (Wildman–Crippen LogP) is 5.90. The fourth-order valence-corrected chi connectivity index (χ4v) is 5.43. The van der Waals surface area contributed by atoms with E-state index in [9.17, 15) is 17.6 Å². The molecule has 0 radical (unpaired) electrons. The van der Waals surface area contributed by atoms with E-state index in [0.29, 0.717) is 27.7 Å². The molecule has 0 fully saturated rings. The first-order valence-corrected chi connectivity index (χ1v) is 12.8. The third-order valence-corrected chi connectivity index (χ3v) is 7.42. The van der Waals surface area contributed by atoms with E-state index in [-0.39, 0.29) is 26.5 Å². The largest absolute Gasteiger partial charge is 0.495 e. The zero-order chi connectivity index (χ0) is 26.3. The fraction of sp³-hybridized carbons (Fsp3) is 0.0400. The van der Waals surface area contributed by atoms with Gasteiger partial charge in [-0.15, -0.1) is 0 Å². The van der Waals surface area contributed by atoms with Crippen molar-refractivity contribution in [3.8, 4) is 22.6 Å². The van der Waals surface area contributed by atoms with E-state index in [2.05, 4.69) is 14.4 Å². The first-order chi connectivity index (χ1) is 17.7. The lowest BCUT2D eigenvalue weighted by atomic mass is 10.0. The van der Waals surface area contributed by atoms with Gasteiger partial charge in [-0.2, -0.15) is 0 Å². The second-order valence-electron chi connectivity index (χ2n) is 7.88. The minimum Gasteiger partial charge on any atom is -0.495 e. The Balaban J connectivity index is 1.69. The van der Waals surface area contributed by atoms with Gasteiger partial charge in [0.2, 0.25) is 0 Å². The van der Waals surface area contributed by atoms with Crippen LogP contribution in [0.4, 0.5) is 10.2 Å². The summed E-state index contributed by atoms with van der Waals surface area (Å²) >= 11 is 12.5. The molecule has 0 saturated carbocycles. The average Bonchev–Trinajstić information content (AvgIpc) is 3.35. The van der Waals surface area contributed by atoms with Crippen LogP contribution in [-0.2, 0) is 10.0 Å². The standard InChI is InChI=1S/C25H16Cl2FN3O5S/c1-35-23-13-20(27)19(15-8-16(26)11-17(28)9-15)12-22(23)31-21-4-3-18(10-14(21)2-5-25(31)32)37(33,34)30-24-6-7-36-29-24/h2-13H,1H3,(H,29,30). The number of nitrogens with one attached hydrogen (secondary N) is 1. The van der Waals surface area contributed by atoms with E-state index < -0.39 is 21.4 Å². The van der Waals surface area contributed by atoms with Crippen molar-refractivity contribution >= 4 is 49.9 Å². The van der Waals surface area contributed by atoms with Gasteiger partial charge in [0, 0.05) is 34.2 Å². The van der Waals surface area contributed by atoms with E-state index in [1.165, 1.54) is 72.5 Å². The summed E-state index contributed by atoms with van der Waals surface area (Å²) in [4.78, 5) is 13.0. The van der Waals surface area contributed by atoms with E-state index in [1.54, 1.807) is 12.1 Å². The Morgan fingerprint density at radius 2 is 1.84 bits per heavy atom. The molecule has 3 aromatic carbocycles. The Labute approximate surface area is 219 Å². The second-order valence-corrected chi connectivity index (χ2v) is 10.4. The first-order valence-electron chi connectivity index (χ1n) is 10.6. The Morgan fingerprint density at radius 3 is 2.54 bits per heavy atom. The fourth-order valence-electron chi connectivity index (χ4n) is 3.91. The summed E-state index contributed by atoms with van der Waals surface area (Å²) in [6.07, 6.45) is 1.24. The summed E-state index contributed by atoms with van der Waals surface area (Å²) in [6, 6.07) is 15.5. The molecule has 0 spiro atoms. The molecule has 12 heteroatoms. The summed E-state index contributed by atoms with van der Waals surface area (Å²) in [6.45, 7) is 0. The van der Waals surface area contributed by atoms with Gasteiger partial charge in [0.25, 0.3) is 15.6 Å². The smallest absolute Gasteiger partial charge is 0.263 e. The van der Waals surface area contributed by atoms with Crippen molar-refractivity contribution in [1.29, 1.82) is 0 Å². The predicted molar refractivity (Wildman–Crippen MR) is 139 cm³/mol. The van der Waals surface area contributed by atoms with Gasteiger partial charge >= 0.3 is 0 Å². The Bertz CT molecular complexity index is 1800. The van der Waals surface area contributed by atoms with E-state index in [1.807, 2.05) is 0 Å². The topological polar surface area (TPSA) is 103 Å². The lowest BCUT2D eigenvalue weighted by molar-refractivity contribution is 0.413. The number of methoxy groups -OCH3 is 1. The Morgan fingerprint density at radius 1 is 1.03 bits per heavy atom. The van der Waals surface area contributed by atoms with Crippen LogP contribution in [0.2, 0.25) is 10.0 Å². The van der Waals surface area contributed by atoms with E-state index in [4.69, 9.17) is 27.9 Å². The highest BCUT2D eigenvalue weighted by Crippen LogP contribution is 2.38. The van der Waals surface area contributed by atoms with Crippen molar-refractivity contribution in [2.45, 2.75) is 4.90 Å². The normalized spacial score (nSPS) is 11.6. The van der Waals surface area contributed by atoms with Gasteiger partial charge < -0.3 is 9.26 Å². The maximum atomic E-state index is 14.1. The number of fused-ring (bicyclic) bond motifs is 1. The molecule has 5 aromatic rings. The molecular formula is C25H16Cl2FN3O5S. The van der Waals surface area contributed by atoms with Crippen molar-refractivity contribution in [1.82, 2.24) is 9.72 Å². The molecule has 0 aliphatic carbocycles. The number of ether oxygens (including phenoxy) is 1. The maximum absolute atomic E-state index is 14.1. The number of rotatable bonds is 6. The average molecular weight is 560 g/mol. The van der Waals surface area contributed by atoms with Crippen LogP contribution < -0.4 is 15.0 Å². The molecule has 1 N–H and O–H groups in total. The van der Waals surface area contributed by atoms with Gasteiger partial charge in [0.15, 0.2) is 5.82 Å². The van der Waals surface area contributed by atoms with Crippen LogP contribution in [0.1, 0.15) is 0 Å². The van der Waals surface area contributed by atoms with Gasteiger partial charge in [-0.1, -0.05) is 28.4 Å². The van der Waals surface area contributed by atoms with Crippen molar-refractivity contribution < 1.29 is 22.1 Å². The number of halogens is 3. The Hall–Kier alpha value is -3.86. The molecule has 0 atom stereocenters. The van der Waals surface area contributed by atoms with Crippen molar-refractivity contribution in [3.05, 3.63) is 99.2 Å². The highest BCUT2D eigenvalue weighted by molar-refractivity contribution is 7.92. The zero-order valence-electron chi connectivity index (χ0n) is 18.9. The van der Waals surface area contributed by atoms with Gasteiger partial charge in [-0.25, -0.2) is 12.8 Å². The third-order valence-electron chi connectivity index (χ3n) is 5.54. The summed E-state index contributed by atoms with van der Waals surface area (Å²) < 4.78 is 53.5. The van der Waals surface area contributed by atoms with Gasteiger partial charge in [-0.05, 0) is 54.1 Å². The molecule has 0 aliphatic rings. The zero-order valence-corrected chi connectivity index (χ0v) is 21.2. The molecule has 0 bridgehead atoms. The van der Waals surface area contributed by atoms with Gasteiger partial charge in [0.05, 0.1) is 28.2 Å². The van der Waals surface area contributed by atoms with Crippen molar-refractivity contribution in [2.24, 2.45) is 0 Å². The van der Waals surface area contributed by atoms with Crippen LogP contribution >= 0.6 is 23.2 Å². The van der Waals surface area contributed by atoms with Gasteiger partial charge in [0.1, 0.15) is 17.8 Å². The second kappa shape index (κ2) is 9.55. The number of hydrogen-bond acceptors (Lipinski definition) is 6.